The minimum atomic E-state index is 0.170. The molecule has 0 bridgehead atoms. The van der Waals surface area contributed by atoms with E-state index in [9.17, 15) is 4.79 Å². The third-order valence-electron chi connectivity index (χ3n) is 3.45. The van der Waals surface area contributed by atoms with Crippen LogP contribution in [0.3, 0.4) is 0 Å². The van der Waals surface area contributed by atoms with Crippen LogP contribution >= 0.6 is 0 Å². The van der Waals surface area contributed by atoms with Crippen molar-refractivity contribution in [1.82, 2.24) is 0 Å². The van der Waals surface area contributed by atoms with Crippen LogP contribution in [0.15, 0.2) is 47.6 Å². The predicted molar refractivity (Wildman–Crippen MR) is 83.1 cm³/mol. The Balaban J connectivity index is 2.86. The summed E-state index contributed by atoms with van der Waals surface area (Å²) in [5, 5.41) is 0. The molecule has 0 heterocycles. The van der Waals surface area contributed by atoms with Crippen molar-refractivity contribution in [2.45, 2.75) is 52.9 Å². The Morgan fingerprint density at radius 2 is 2.05 bits per heavy atom. The second-order valence-electron chi connectivity index (χ2n) is 5.36. The molecule has 0 amide bonds. The first-order valence-corrected chi connectivity index (χ1v) is 7.31. The molecule has 0 aromatic rings. The first kappa shape index (κ1) is 15.7. The minimum Gasteiger partial charge on any atom is -0.290 e. The van der Waals surface area contributed by atoms with Gasteiger partial charge in [0.1, 0.15) is 0 Å². The summed E-state index contributed by atoms with van der Waals surface area (Å²) in [5.74, 6) is 0.682. The van der Waals surface area contributed by atoms with Crippen molar-refractivity contribution in [3.8, 4) is 0 Å². The van der Waals surface area contributed by atoms with E-state index in [1.54, 1.807) is 6.08 Å². The molecule has 0 spiro atoms. The van der Waals surface area contributed by atoms with Gasteiger partial charge in [0, 0.05) is 0 Å². The number of hydrogen-bond donors (Lipinski definition) is 0. The van der Waals surface area contributed by atoms with E-state index < -0.39 is 0 Å². The Kier molecular flexibility index (Phi) is 7.17. The van der Waals surface area contributed by atoms with E-state index >= 15 is 0 Å². The van der Waals surface area contributed by atoms with Crippen molar-refractivity contribution in [2.24, 2.45) is 5.92 Å². The Morgan fingerprint density at radius 1 is 1.26 bits per heavy atom. The maximum atomic E-state index is 12.0. The van der Waals surface area contributed by atoms with Gasteiger partial charge in [-0.2, -0.15) is 0 Å². The lowest BCUT2D eigenvalue weighted by Crippen LogP contribution is -2.01. The van der Waals surface area contributed by atoms with E-state index in [1.807, 2.05) is 13.0 Å². The fourth-order valence-electron chi connectivity index (χ4n) is 2.18. The second-order valence-corrected chi connectivity index (χ2v) is 5.36. The third kappa shape index (κ3) is 6.37. The molecule has 1 rings (SSSR count). The average Bonchev–Trinajstić information content (AvgIpc) is 2.37. The molecule has 0 radical (unpaired) electrons. The molecule has 0 aromatic heterocycles. The summed E-state index contributed by atoms with van der Waals surface area (Å²) in [5.41, 5.74) is 2.35. The number of ketones is 1. The van der Waals surface area contributed by atoms with Crippen LogP contribution < -0.4 is 0 Å². The van der Waals surface area contributed by atoms with Crippen molar-refractivity contribution in [3.05, 3.63) is 47.6 Å². The number of carbonyl (C=O) groups is 1. The summed E-state index contributed by atoms with van der Waals surface area (Å²) < 4.78 is 0. The van der Waals surface area contributed by atoms with Crippen molar-refractivity contribution in [1.29, 1.82) is 0 Å². The van der Waals surface area contributed by atoms with Gasteiger partial charge in [-0.1, -0.05) is 42.9 Å². The van der Waals surface area contributed by atoms with E-state index in [-0.39, 0.29) is 5.78 Å². The van der Waals surface area contributed by atoms with E-state index in [2.05, 4.69) is 38.2 Å². The highest BCUT2D eigenvalue weighted by molar-refractivity contribution is 6.03. The van der Waals surface area contributed by atoms with Crippen LogP contribution in [0, 0.1) is 5.92 Å². The van der Waals surface area contributed by atoms with Crippen LogP contribution in [0.25, 0.3) is 0 Å². The number of carbonyl (C=O) groups excluding carboxylic acids is 1. The van der Waals surface area contributed by atoms with Gasteiger partial charge in [0.2, 0.25) is 0 Å². The highest BCUT2D eigenvalue weighted by Crippen LogP contribution is 2.18. The summed E-state index contributed by atoms with van der Waals surface area (Å²) in [6, 6.07) is 0. The van der Waals surface area contributed by atoms with Gasteiger partial charge in [-0.05, 0) is 63.5 Å². The summed E-state index contributed by atoms with van der Waals surface area (Å²) in [6.45, 7) is 6.26. The minimum absolute atomic E-state index is 0.170. The van der Waals surface area contributed by atoms with Crippen LogP contribution in [-0.4, -0.2) is 5.78 Å². The van der Waals surface area contributed by atoms with Gasteiger partial charge in [0.15, 0.2) is 5.78 Å². The first-order chi connectivity index (χ1) is 9.13. The van der Waals surface area contributed by atoms with Gasteiger partial charge in [-0.25, -0.2) is 0 Å². The van der Waals surface area contributed by atoms with E-state index in [0.717, 1.165) is 37.7 Å². The number of rotatable bonds is 2. The highest BCUT2D eigenvalue weighted by Gasteiger charge is 2.07. The quantitative estimate of drug-likeness (QED) is 0.494. The Hall–Kier alpha value is -1.37. The van der Waals surface area contributed by atoms with Gasteiger partial charge in [-0.15, -0.1) is 0 Å². The largest absolute Gasteiger partial charge is 0.290 e. The molecule has 1 aliphatic rings. The average molecular weight is 258 g/mol. The van der Waals surface area contributed by atoms with Crippen LogP contribution in [0.4, 0.5) is 0 Å². The van der Waals surface area contributed by atoms with Gasteiger partial charge in [0.25, 0.3) is 0 Å². The summed E-state index contributed by atoms with van der Waals surface area (Å²) >= 11 is 0. The molecule has 0 unspecified atom stereocenters. The number of hydrogen-bond acceptors (Lipinski definition) is 1. The summed E-state index contributed by atoms with van der Waals surface area (Å²) in [4.78, 5) is 12.0. The van der Waals surface area contributed by atoms with Crippen molar-refractivity contribution in [2.75, 3.05) is 0 Å². The van der Waals surface area contributed by atoms with Gasteiger partial charge >= 0.3 is 0 Å². The van der Waals surface area contributed by atoms with Crippen LogP contribution in [0.5, 0.6) is 0 Å². The lowest BCUT2D eigenvalue weighted by atomic mass is 9.96. The van der Waals surface area contributed by atoms with E-state index in [1.165, 1.54) is 5.57 Å². The van der Waals surface area contributed by atoms with Gasteiger partial charge < -0.3 is 0 Å². The van der Waals surface area contributed by atoms with Crippen molar-refractivity contribution in [3.63, 3.8) is 0 Å². The second kappa shape index (κ2) is 8.68. The Morgan fingerprint density at radius 3 is 2.79 bits per heavy atom. The Labute approximate surface area is 117 Å². The molecule has 0 N–H and O–H groups in total. The normalized spacial score (nSPS) is 29.5. The molecule has 0 aliphatic heterocycles. The molecular weight excluding hydrogens is 232 g/mol. The molecule has 19 heavy (non-hydrogen) atoms. The SMILES string of the molecule is C/C=C/C(=O)/C1=C\C[C@H](C)/C=C/CC/C=C(\C)CC1. The fraction of sp³-hybridized carbons (Fsp3) is 0.500. The molecule has 0 saturated carbocycles. The summed E-state index contributed by atoms with van der Waals surface area (Å²) in [6.07, 6.45) is 17.5. The van der Waals surface area contributed by atoms with Crippen LogP contribution in [0.1, 0.15) is 52.9 Å². The van der Waals surface area contributed by atoms with E-state index in [0.29, 0.717) is 5.92 Å². The Bertz CT molecular complexity index is 407. The molecule has 0 fully saturated rings. The van der Waals surface area contributed by atoms with Gasteiger partial charge in [0.05, 0.1) is 0 Å². The van der Waals surface area contributed by atoms with Crippen LogP contribution in [-0.2, 0) is 4.79 Å². The molecule has 104 valence electrons. The fourth-order valence-corrected chi connectivity index (χ4v) is 2.18. The molecule has 1 aliphatic carbocycles. The number of allylic oxidation sites excluding steroid dienone is 8. The van der Waals surface area contributed by atoms with Crippen molar-refractivity contribution >= 4 is 5.78 Å². The molecule has 1 heteroatoms. The summed E-state index contributed by atoms with van der Waals surface area (Å²) in [7, 11) is 0. The standard InChI is InChI=1S/C18H26O/c1-4-8-18(19)17-13-11-15(2)9-6-5-7-10-16(3)12-14-17/h4,6,8-10,13,15H,5,7,11-12,14H2,1-3H3/b8-4+,9-6+,16-10+,17-13-/t15-/m1/s1. The zero-order valence-electron chi connectivity index (χ0n) is 12.5. The monoisotopic (exact) mass is 258 g/mol. The van der Waals surface area contributed by atoms with Gasteiger partial charge in [-0.3, -0.25) is 4.79 Å². The smallest absolute Gasteiger partial charge is 0.181 e. The molecule has 0 aromatic carbocycles. The molecule has 1 nitrogen and oxygen atoms in total. The molecule has 1 atom stereocenters. The first-order valence-electron chi connectivity index (χ1n) is 7.31. The lowest BCUT2D eigenvalue weighted by molar-refractivity contribution is -0.111. The molecule has 0 saturated heterocycles. The zero-order chi connectivity index (χ0) is 14.1. The topological polar surface area (TPSA) is 17.1 Å². The maximum Gasteiger partial charge on any atom is 0.181 e. The zero-order valence-corrected chi connectivity index (χ0v) is 12.5. The molecular formula is C18H26O. The third-order valence-corrected chi connectivity index (χ3v) is 3.45. The lowest BCUT2D eigenvalue weighted by Gasteiger charge is -2.09. The van der Waals surface area contributed by atoms with Crippen LogP contribution in [0.2, 0.25) is 0 Å². The predicted octanol–water partition coefficient (Wildman–Crippen LogP) is 5.16. The van der Waals surface area contributed by atoms with Crippen molar-refractivity contribution < 1.29 is 4.79 Å². The maximum absolute atomic E-state index is 12.0. The van der Waals surface area contributed by atoms with E-state index in [4.69, 9.17) is 0 Å². The highest BCUT2D eigenvalue weighted by atomic mass is 16.1.